The largest absolute Gasteiger partial charge is 0.389 e. The predicted molar refractivity (Wildman–Crippen MR) is 141 cm³/mol. The molecule has 1 aliphatic heterocycles. The lowest BCUT2D eigenvalue weighted by Gasteiger charge is -2.34. The molecular weight excluding hydrogens is 610 g/mol. The van der Waals surface area contributed by atoms with Gasteiger partial charge in [0.1, 0.15) is 12.4 Å². The highest BCUT2D eigenvalue weighted by atomic mass is 127. The van der Waals surface area contributed by atoms with Gasteiger partial charge in [-0.1, -0.05) is 35.7 Å². The molecule has 2 heterocycles. The summed E-state index contributed by atoms with van der Waals surface area (Å²) in [6.07, 6.45) is -4.89. The lowest BCUT2D eigenvalue weighted by molar-refractivity contribution is -0.136. The van der Waals surface area contributed by atoms with Crippen LogP contribution in [0.15, 0.2) is 35.1 Å². The Bertz CT molecular complexity index is 1140. The normalized spacial score (nSPS) is 15.2. The second kappa shape index (κ2) is 12.5. The van der Waals surface area contributed by atoms with Gasteiger partial charge in [-0.05, 0) is 40.1 Å². The van der Waals surface area contributed by atoms with Gasteiger partial charge in [0, 0.05) is 56.2 Å². The smallest absolute Gasteiger partial charge is 0.339 e. The maximum Gasteiger partial charge on any atom is 0.389 e. The quantitative estimate of drug-likeness (QED) is 0.213. The summed E-state index contributed by atoms with van der Waals surface area (Å²) in [6.45, 7) is 5.15. The number of benzene rings is 1. The summed E-state index contributed by atoms with van der Waals surface area (Å²) < 4.78 is 67.7. The number of rotatable bonds is 10. The topological polar surface area (TPSA) is 58.4 Å². The lowest BCUT2D eigenvalue weighted by atomic mass is 10.1. The van der Waals surface area contributed by atoms with E-state index in [9.17, 15) is 31.5 Å². The molecule has 0 atom stereocenters. The molecule has 0 radical (unpaired) electrons. The molecular formula is C25H30F5IN4O2. The van der Waals surface area contributed by atoms with E-state index in [0.717, 1.165) is 30.6 Å². The number of alkyl halides is 6. The third-order valence-corrected chi connectivity index (χ3v) is 7.76. The zero-order valence-corrected chi connectivity index (χ0v) is 22.7. The number of carbonyl (C=O) groups excluding carboxylic acids is 1. The summed E-state index contributed by atoms with van der Waals surface area (Å²) in [5.74, 6) is -0.240. The summed E-state index contributed by atoms with van der Waals surface area (Å²) >= 11 is -1.62. The van der Waals surface area contributed by atoms with E-state index in [1.807, 2.05) is 0 Å². The van der Waals surface area contributed by atoms with Gasteiger partial charge >= 0.3 is 10.1 Å². The number of aryl methyl sites for hydroxylation is 1. The molecule has 1 aromatic heterocycles. The lowest BCUT2D eigenvalue weighted by Crippen LogP contribution is -2.50. The van der Waals surface area contributed by atoms with Crippen LogP contribution in [0.3, 0.4) is 0 Å². The Morgan fingerprint density at radius 1 is 1.08 bits per heavy atom. The van der Waals surface area contributed by atoms with Crippen molar-refractivity contribution in [2.45, 2.75) is 49.3 Å². The minimum Gasteiger partial charge on any atom is -0.339 e. The first-order chi connectivity index (χ1) is 17.4. The molecule has 37 heavy (non-hydrogen) atoms. The molecule has 1 fully saturated rings. The first kappa shape index (κ1) is 29.3. The second-order valence-corrected chi connectivity index (χ2v) is 11.0. The molecule has 0 N–H and O–H groups in total. The van der Waals surface area contributed by atoms with E-state index in [2.05, 4.69) is 21.3 Å². The predicted octanol–water partition coefficient (Wildman–Crippen LogP) is 4.80. The van der Waals surface area contributed by atoms with Gasteiger partial charge in [0.15, 0.2) is 0 Å². The van der Waals surface area contributed by atoms with E-state index in [4.69, 9.17) is 0 Å². The fraction of sp³-hybridized carbons (Fsp3) is 0.520. The summed E-state index contributed by atoms with van der Waals surface area (Å²) in [6, 6.07) is 6.45. The number of hydrogen-bond acceptors (Lipinski definition) is 4. The molecule has 6 nitrogen and oxygen atoms in total. The van der Waals surface area contributed by atoms with Crippen molar-refractivity contribution in [2.75, 3.05) is 32.7 Å². The zero-order chi connectivity index (χ0) is 27.2. The highest BCUT2D eigenvalue weighted by Gasteiger charge is 2.29. The maximum atomic E-state index is 14.0. The molecule has 0 unspecified atom stereocenters. The van der Waals surface area contributed by atoms with Crippen LogP contribution >= 0.6 is 20.7 Å². The highest BCUT2D eigenvalue weighted by Crippen LogP contribution is 2.39. The third kappa shape index (κ3) is 8.13. The van der Waals surface area contributed by atoms with Crippen LogP contribution in [0.2, 0.25) is 0 Å². The van der Waals surface area contributed by atoms with E-state index in [1.165, 1.54) is 30.3 Å². The van der Waals surface area contributed by atoms with Crippen molar-refractivity contribution in [2.24, 2.45) is 0 Å². The fourth-order valence-electron chi connectivity index (χ4n) is 4.19. The molecule has 0 aliphatic carbocycles. The first-order valence-corrected chi connectivity index (χ1v) is 14.6. The first-order valence-electron chi connectivity index (χ1n) is 12.0. The maximum absolute atomic E-state index is 14.0. The summed E-state index contributed by atoms with van der Waals surface area (Å²) in [5, 5.41) is 0. The van der Waals surface area contributed by atoms with Gasteiger partial charge in [0.25, 0.3) is 5.56 Å². The van der Waals surface area contributed by atoms with Crippen molar-refractivity contribution < 1.29 is 26.7 Å². The molecule has 204 valence electrons. The Hall–Kier alpha value is -2.22. The molecule has 12 heteroatoms. The zero-order valence-electron chi connectivity index (χ0n) is 20.5. The second-order valence-electron chi connectivity index (χ2n) is 8.88. The van der Waals surface area contributed by atoms with Crippen molar-refractivity contribution in [1.82, 2.24) is 19.4 Å². The molecule has 2 aromatic rings. The van der Waals surface area contributed by atoms with Crippen LogP contribution in [0.4, 0.5) is 22.0 Å². The minimum atomic E-state index is -4.37. The van der Waals surface area contributed by atoms with Gasteiger partial charge in [-0.3, -0.25) is 19.1 Å². The fourth-order valence-corrected chi connectivity index (χ4v) is 4.99. The van der Waals surface area contributed by atoms with E-state index in [-0.39, 0.29) is 42.4 Å². The van der Waals surface area contributed by atoms with Crippen LogP contribution in [0.5, 0.6) is 0 Å². The summed E-state index contributed by atoms with van der Waals surface area (Å²) in [7, 11) is 0. The van der Waals surface area contributed by atoms with E-state index < -0.39 is 42.8 Å². The molecule has 0 spiro atoms. The average Bonchev–Trinajstić information content (AvgIpc) is 2.85. The number of halogens is 6. The summed E-state index contributed by atoms with van der Waals surface area (Å²) in [4.78, 5) is 34.3. The Balaban J connectivity index is 1.86. The van der Waals surface area contributed by atoms with Crippen molar-refractivity contribution >= 4 is 31.2 Å². The average molecular weight is 640 g/mol. The molecule has 1 saturated heterocycles. The molecule has 1 amide bonds. The van der Waals surface area contributed by atoms with Crippen LogP contribution in [0.1, 0.15) is 37.6 Å². The summed E-state index contributed by atoms with van der Waals surface area (Å²) in [5.41, 5.74) is -0.241. The van der Waals surface area contributed by atoms with Crippen molar-refractivity contribution in [3.8, 4) is 11.3 Å². The number of nitrogens with zero attached hydrogens (tertiary/aromatic N) is 4. The van der Waals surface area contributed by atoms with E-state index in [0.29, 0.717) is 18.7 Å². The molecule has 0 saturated carbocycles. The van der Waals surface area contributed by atoms with Crippen molar-refractivity contribution in [3.63, 3.8) is 0 Å². The Kier molecular flexibility index (Phi) is 9.95. The SMILES string of the molecule is C=IC(F)(F)c1ccc(-c2cc(=O)n(CC(=O)N3CCN(CCC)CC3)c(CCCC(F)(F)F)n2)cc1. The van der Waals surface area contributed by atoms with Gasteiger partial charge in [0.05, 0.1) is 5.69 Å². The molecule has 0 bridgehead atoms. The minimum absolute atomic E-state index is 0.0581. The Morgan fingerprint density at radius 3 is 2.30 bits per heavy atom. The number of aromatic nitrogens is 2. The molecule has 1 aliphatic rings. The van der Waals surface area contributed by atoms with Gasteiger partial charge in [-0.25, -0.2) is 4.98 Å². The van der Waals surface area contributed by atoms with Crippen LogP contribution < -0.4 is 5.56 Å². The van der Waals surface area contributed by atoms with Crippen LogP contribution in [0.25, 0.3) is 11.3 Å². The van der Waals surface area contributed by atoms with Gasteiger partial charge < -0.3 is 4.90 Å². The van der Waals surface area contributed by atoms with Gasteiger partial charge in [-0.2, -0.15) is 22.0 Å². The van der Waals surface area contributed by atoms with Crippen LogP contribution in [-0.2, 0) is 21.7 Å². The van der Waals surface area contributed by atoms with Crippen molar-refractivity contribution in [1.29, 1.82) is 0 Å². The van der Waals surface area contributed by atoms with Crippen LogP contribution in [0, 0.1) is 0 Å². The number of carbonyl (C=O) groups is 1. The standard InChI is InChI=1S/C25H30F5IN4O2/c1-3-11-33-12-14-34(15-13-33)23(37)17-35-21(5-4-10-24(26,27)28)32-20(16-22(35)36)18-6-8-19(9-7-18)25(29,30)31-2/h6-9,16H,2-5,10-15,17H2,1H3. The highest BCUT2D eigenvalue weighted by molar-refractivity contribution is 14.2. The number of hydrogen-bond donors (Lipinski definition) is 0. The Morgan fingerprint density at radius 2 is 1.73 bits per heavy atom. The Labute approximate surface area is 222 Å². The van der Waals surface area contributed by atoms with Gasteiger partial charge in [-0.15, -0.1) is 0 Å². The third-order valence-electron chi connectivity index (χ3n) is 6.18. The monoisotopic (exact) mass is 640 g/mol. The molecule has 1 aromatic carbocycles. The van der Waals surface area contributed by atoms with E-state index >= 15 is 0 Å². The van der Waals surface area contributed by atoms with Crippen LogP contribution in [-0.4, -0.2) is 68.7 Å². The molecule has 3 rings (SSSR count). The van der Waals surface area contributed by atoms with Crippen molar-refractivity contribution in [3.05, 3.63) is 52.1 Å². The van der Waals surface area contributed by atoms with Gasteiger partial charge in [0.2, 0.25) is 5.91 Å². The number of piperazine rings is 1. The van der Waals surface area contributed by atoms with E-state index in [1.54, 1.807) is 4.90 Å². The number of amides is 1.